The molecular formula is C20H15F3N4O2. The molecule has 0 aliphatic heterocycles. The van der Waals surface area contributed by atoms with Crippen LogP contribution in [0.25, 0.3) is 28.2 Å². The van der Waals surface area contributed by atoms with Crippen molar-refractivity contribution in [3.05, 3.63) is 66.4 Å². The SMILES string of the molecule is COCc1nc2ccc(F)cc2n1-c1ccnc(-c2ccc(OC(F)F)cc2)n1. The van der Waals surface area contributed by atoms with Gasteiger partial charge in [0.2, 0.25) is 0 Å². The van der Waals surface area contributed by atoms with E-state index in [4.69, 9.17) is 4.74 Å². The van der Waals surface area contributed by atoms with Crippen LogP contribution in [0.5, 0.6) is 5.75 Å². The highest BCUT2D eigenvalue weighted by molar-refractivity contribution is 5.78. The summed E-state index contributed by atoms with van der Waals surface area (Å²) < 4.78 is 49.7. The standard InChI is InChI=1S/C20H15F3N4O2/c1-28-11-18-25-15-7-4-13(21)10-16(15)27(18)17-8-9-24-19(26-17)12-2-5-14(6-3-12)29-20(22)23/h2-10,20H,11H2,1H3. The quantitative estimate of drug-likeness (QED) is 0.481. The summed E-state index contributed by atoms with van der Waals surface area (Å²) in [6.07, 6.45) is 1.56. The van der Waals surface area contributed by atoms with E-state index in [0.717, 1.165) is 0 Å². The molecule has 4 rings (SSSR count). The van der Waals surface area contributed by atoms with Crippen LogP contribution in [0.1, 0.15) is 5.82 Å². The molecular weight excluding hydrogens is 385 g/mol. The van der Waals surface area contributed by atoms with E-state index >= 15 is 0 Å². The fraction of sp³-hybridized carbons (Fsp3) is 0.150. The van der Waals surface area contributed by atoms with Crippen molar-refractivity contribution in [1.82, 2.24) is 19.5 Å². The molecule has 0 amide bonds. The van der Waals surface area contributed by atoms with Crippen molar-refractivity contribution in [3.8, 4) is 23.0 Å². The summed E-state index contributed by atoms with van der Waals surface area (Å²) in [5.74, 6) is 1.04. The van der Waals surface area contributed by atoms with E-state index in [1.54, 1.807) is 42.1 Å². The van der Waals surface area contributed by atoms with E-state index in [2.05, 4.69) is 19.7 Å². The van der Waals surface area contributed by atoms with Gasteiger partial charge in [-0.05, 0) is 42.5 Å². The number of nitrogens with zero attached hydrogens (tertiary/aromatic N) is 4. The molecule has 9 heteroatoms. The van der Waals surface area contributed by atoms with Gasteiger partial charge in [-0.1, -0.05) is 0 Å². The van der Waals surface area contributed by atoms with Crippen LogP contribution in [0, 0.1) is 5.82 Å². The second kappa shape index (κ2) is 7.88. The number of imidazole rings is 1. The highest BCUT2D eigenvalue weighted by Crippen LogP contribution is 2.25. The number of aromatic nitrogens is 4. The van der Waals surface area contributed by atoms with Crippen molar-refractivity contribution < 1.29 is 22.6 Å². The van der Waals surface area contributed by atoms with Crippen LogP contribution in [-0.4, -0.2) is 33.2 Å². The summed E-state index contributed by atoms with van der Waals surface area (Å²) in [5.41, 5.74) is 1.76. The zero-order chi connectivity index (χ0) is 20.4. The van der Waals surface area contributed by atoms with Gasteiger partial charge in [0.15, 0.2) is 5.82 Å². The molecule has 0 aliphatic rings. The summed E-state index contributed by atoms with van der Waals surface area (Å²) >= 11 is 0. The van der Waals surface area contributed by atoms with Crippen molar-refractivity contribution in [1.29, 1.82) is 0 Å². The second-order valence-corrected chi connectivity index (χ2v) is 6.07. The fourth-order valence-electron chi connectivity index (χ4n) is 2.98. The van der Waals surface area contributed by atoms with Gasteiger partial charge in [-0.25, -0.2) is 19.3 Å². The van der Waals surface area contributed by atoms with Gasteiger partial charge in [0.05, 0.1) is 11.0 Å². The molecule has 0 saturated carbocycles. The molecule has 4 aromatic rings. The summed E-state index contributed by atoms with van der Waals surface area (Å²) in [4.78, 5) is 13.3. The molecule has 0 radical (unpaired) electrons. The van der Waals surface area contributed by atoms with Crippen molar-refractivity contribution >= 4 is 11.0 Å². The largest absolute Gasteiger partial charge is 0.435 e. The Morgan fingerprint density at radius 2 is 1.83 bits per heavy atom. The smallest absolute Gasteiger partial charge is 0.387 e. The molecule has 29 heavy (non-hydrogen) atoms. The number of benzene rings is 2. The minimum absolute atomic E-state index is 0.0402. The van der Waals surface area contributed by atoms with E-state index in [1.807, 2.05) is 0 Å². The van der Waals surface area contributed by atoms with Crippen LogP contribution < -0.4 is 4.74 Å². The number of hydrogen-bond donors (Lipinski definition) is 0. The first-order valence-corrected chi connectivity index (χ1v) is 8.59. The number of methoxy groups -OCH3 is 1. The summed E-state index contributed by atoms with van der Waals surface area (Å²) in [6, 6.07) is 12.0. The predicted molar refractivity (Wildman–Crippen MR) is 99.4 cm³/mol. The van der Waals surface area contributed by atoms with E-state index < -0.39 is 12.4 Å². The Kier molecular flexibility index (Phi) is 5.13. The lowest BCUT2D eigenvalue weighted by Crippen LogP contribution is -2.06. The number of ether oxygens (including phenoxy) is 2. The second-order valence-electron chi connectivity index (χ2n) is 6.07. The molecule has 6 nitrogen and oxygen atoms in total. The lowest BCUT2D eigenvalue weighted by Gasteiger charge is -2.10. The molecule has 2 aromatic heterocycles. The van der Waals surface area contributed by atoms with Gasteiger partial charge in [-0.3, -0.25) is 4.57 Å². The molecule has 0 unspecified atom stereocenters. The third-order valence-corrected chi connectivity index (χ3v) is 4.17. The molecule has 0 aliphatic carbocycles. The van der Waals surface area contributed by atoms with Gasteiger partial charge >= 0.3 is 6.61 Å². The van der Waals surface area contributed by atoms with Crippen LogP contribution >= 0.6 is 0 Å². The Morgan fingerprint density at radius 1 is 1.03 bits per heavy atom. The fourth-order valence-corrected chi connectivity index (χ4v) is 2.98. The molecule has 148 valence electrons. The first-order valence-electron chi connectivity index (χ1n) is 8.59. The van der Waals surface area contributed by atoms with Crippen LogP contribution in [-0.2, 0) is 11.3 Å². The Bertz CT molecular complexity index is 1150. The minimum atomic E-state index is -2.89. The number of alkyl halides is 2. The number of fused-ring (bicyclic) bond motifs is 1. The molecule has 0 atom stereocenters. The van der Waals surface area contributed by atoms with Crippen LogP contribution in [0.4, 0.5) is 13.2 Å². The Labute approximate surface area is 163 Å². The maximum atomic E-state index is 13.8. The summed E-state index contributed by atoms with van der Waals surface area (Å²) in [7, 11) is 1.54. The monoisotopic (exact) mass is 400 g/mol. The van der Waals surface area contributed by atoms with E-state index in [9.17, 15) is 13.2 Å². The molecule has 0 fully saturated rings. The molecule has 0 saturated heterocycles. The van der Waals surface area contributed by atoms with Crippen molar-refractivity contribution in [2.24, 2.45) is 0 Å². The van der Waals surface area contributed by atoms with Gasteiger partial charge in [0.1, 0.15) is 29.8 Å². The average molecular weight is 400 g/mol. The number of rotatable bonds is 6. The normalized spacial score (nSPS) is 11.3. The van der Waals surface area contributed by atoms with Crippen LogP contribution in [0.3, 0.4) is 0 Å². The van der Waals surface area contributed by atoms with E-state index in [1.165, 1.54) is 24.3 Å². The van der Waals surface area contributed by atoms with Crippen molar-refractivity contribution in [2.45, 2.75) is 13.2 Å². The zero-order valence-electron chi connectivity index (χ0n) is 15.2. The maximum Gasteiger partial charge on any atom is 0.387 e. The van der Waals surface area contributed by atoms with Gasteiger partial charge in [0.25, 0.3) is 0 Å². The van der Waals surface area contributed by atoms with Crippen LogP contribution in [0.2, 0.25) is 0 Å². The molecule has 0 spiro atoms. The van der Waals surface area contributed by atoms with E-state index in [-0.39, 0.29) is 12.4 Å². The first kappa shape index (κ1) is 18.9. The lowest BCUT2D eigenvalue weighted by molar-refractivity contribution is -0.0498. The number of hydrogen-bond acceptors (Lipinski definition) is 5. The highest BCUT2D eigenvalue weighted by Gasteiger charge is 2.15. The summed E-state index contributed by atoms with van der Waals surface area (Å²) in [5, 5.41) is 0. The topological polar surface area (TPSA) is 62.1 Å². The molecule has 0 N–H and O–H groups in total. The maximum absolute atomic E-state index is 13.8. The Hall–Kier alpha value is -3.46. The Balaban J connectivity index is 1.78. The van der Waals surface area contributed by atoms with Gasteiger partial charge < -0.3 is 9.47 Å². The average Bonchev–Trinajstić information content (AvgIpc) is 3.05. The lowest BCUT2D eigenvalue weighted by atomic mass is 10.2. The van der Waals surface area contributed by atoms with Gasteiger partial charge in [-0.15, -0.1) is 0 Å². The third kappa shape index (κ3) is 3.90. The van der Waals surface area contributed by atoms with Gasteiger partial charge in [0, 0.05) is 24.9 Å². The number of halogens is 3. The molecule has 2 heterocycles. The van der Waals surface area contributed by atoms with Crippen molar-refractivity contribution in [2.75, 3.05) is 7.11 Å². The predicted octanol–water partition coefficient (Wildman–Crippen LogP) is 4.37. The zero-order valence-corrected chi connectivity index (χ0v) is 15.2. The summed E-state index contributed by atoms with van der Waals surface area (Å²) in [6.45, 7) is -2.69. The molecule has 2 aromatic carbocycles. The van der Waals surface area contributed by atoms with E-state index in [0.29, 0.717) is 34.1 Å². The third-order valence-electron chi connectivity index (χ3n) is 4.17. The van der Waals surface area contributed by atoms with Crippen LogP contribution in [0.15, 0.2) is 54.7 Å². The first-order chi connectivity index (χ1) is 14.0. The van der Waals surface area contributed by atoms with Gasteiger partial charge in [-0.2, -0.15) is 8.78 Å². The highest BCUT2D eigenvalue weighted by atomic mass is 19.3. The minimum Gasteiger partial charge on any atom is -0.435 e. The molecule has 0 bridgehead atoms. The Morgan fingerprint density at radius 3 is 2.55 bits per heavy atom. The van der Waals surface area contributed by atoms with Crippen molar-refractivity contribution in [3.63, 3.8) is 0 Å².